The molecule has 23 heavy (non-hydrogen) atoms. The topological polar surface area (TPSA) is 104 Å². The van der Waals surface area contributed by atoms with Crippen LogP contribution in [0.2, 0.25) is 0 Å². The fourth-order valence-corrected chi connectivity index (χ4v) is 2.83. The first kappa shape index (κ1) is 17.4. The summed E-state index contributed by atoms with van der Waals surface area (Å²) >= 11 is 0. The molecule has 2 heterocycles. The van der Waals surface area contributed by atoms with E-state index < -0.39 is 41.1 Å². The predicted octanol–water partition coefficient (Wildman–Crippen LogP) is 0.967. The lowest BCUT2D eigenvalue weighted by molar-refractivity contribution is -0.172. The van der Waals surface area contributed by atoms with E-state index in [1.807, 2.05) is 0 Å². The van der Waals surface area contributed by atoms with Crippen LogP contribution < -0.4 is 0 Å². The summed E-state index contributed by atoms with van der Waals surface area (Å²) in [5.74, 6) is -3.71. The first-order valence-corrected chi connectivity index (χ1v) is 7.67. The minimum atomic E-state index is -1.14. The van der Waals surface area contributed by atoms with Crippen LogP contribution in [0.5, 0.6) is 0 Å². The normalized spacial score (nSPS) is 25.7. The number of likely N-dealkylation sites (tertiary alicyclic amines) is 1. The molecule has 2 atom stereocenters. The second-order valence-electron chi connectivity index (χ2n) is 6.97. The molecule has 0 aromatic heterocycles. The van der Waals surface area contributed by atoms with E-state index in [1.54, 1.807) is 20.8 Å². The largest absolute Gasteiger partial charge is 0.444 e. The molecule has 3 amide bonds. The van der Waals surface area contributed by atoms with Gasteiger partial charge in [0, 0.05) is 25.4 Å². The number of imide groups is 1. The molecule has 1 unspecified atom stereocenters. The van der Waals surface area contributed by atoms with Gasteiger partial charge in [-0.3, -0.25) is 19.6 Å². The van der Waals surface area contributed by atoms with Gasteiger partial charge in [0.1, 0.15) is 11.5 Å². The number of piperidine rings is 1. The van der Waals surface area contributed by atoms with Gasteiger partial charge in [0.2, 0.25) is 0 Å². The highest BCUT2D eigenvalue weighted by Gasteiger charge is 2.45. The van der Waals surface area contributed by atoms with E-state index in [2.05, 4.69) is 0 Å². The molecule has 0 radical (unpaired) electrons. The lowest BCUT2D eigenvalue weighted by atomic mass is 9.86. The molecule has 8 heteroatoms. The van der Waals surface area contributed by atoms with E-state index >= 15 is 0 Å². The molecule has 0 bridgehead atoms. The summed E-state index contributed by atoms with van der Waals surface area (Å²) in [6.45, 7) is 5.93. The average molecular weight is 326 g/mol. The Balaban J connectivity index is 2.01. The fourth-order valence-electron chi connectivity index (χ4n) is 2.83. The number of hydrogen-bond donors (Lipinski definition) is 1. The summed E-state index contributed by atoms with van der Waals surface area (Å²) in [6.07, 6.45) is 0.360. The highest BCUT2D eigenvalue weighted by atomic mass is 16.6. The molecule has 0 saturated carbocycles. The summed E-state index contributed by atoms with van der Waals surface area (Å²) in [7, 11) is 0. The number of carbonyl (C=O) groups is 4. The standard InChI is InChI=1S/C15H22N2O6/c1-15(2,3)23-14(21)16-6-4-5-9(8-16)12(19)10-7-11(18)17(22)13(10)20/h9-10,22H,4-8H2,1-3H3/t9-,10?/m1/s1. The third-order valence-corrected chi connectivity index (χ3v) is 3.94. The van der Waals surface area contributed by atoms with Crippen molar-refractivity contribution in [3.05, 3.63) is 0 Å². The number of carbonyl (C=O) groups excluding carboxylic acids is 4. The van der Waals surface area contributed by atoms with Gasteiger partial charge in [0.05, 0.1) is 0 Å². The van der Waals surface area contributed by atoms with Crippen LogP contribution in [0.4, 0.5) is 4.79 Å². The fraction of sp³-hybridized carbons (Fsp3) is 0.733. The Hall–Kier alpha value is -1.96. The molecule has 2 aliphatic heterocycles. The third kappa shape index (κ3) is 3.87. The van der Waals surface area contributed by atoms with Crippen molar-refractivity contribution in [1.29, 1.82) is 0 Å². The maximum Gasteiger partial charge on any atom is 0.410 e. The predicted molar refractivity (Wildman–Crippen MR) is 77.3 cm³/mol. The van der Waals surface area contributed by atoms with Gasteiger partial charge in [-0.05, 0) is 33.6 Å². The van der Waals surface area contributed by atoms with E-state index in [4.69, 9.17) is 4.74 Å². The highest BCUT2D eigenvalue weighted by molar-refractivity contribution is 6.13. The zero-order valence-electron chi connectivity index (χ0n) is 13.6. The van der Waals surface area contributed by atoms with Gasteiger partial charge >= 0.3 is 6.09 Å². The summed E-state index contributed by atoms with van der Waals surface area (Å²) in [6, 6.07) is 0. The van der Waals surface area contributed by atoms with Crippen molar-refractivity contribution < 1.29 is 29.1 Å². The molecule has 0 aromatic rings. The number of amides is 3. The highest BCUT2D eigenvalue weighted by Crippen LogP contribution is 2.27. The van der Waals surface area contributed by atoms with Gasteiger partial charge in [0.25, 0.3) is 11.8 Å². The lowest BCUT2D eigenvalue weighted by Gasteiger charge is -2.34. The Morgan fingerprint density at radius 1 is 1.26 bits per heavy atom. The first-order chi connectivity index (χ1) is 10.6. The second-order valence-corrected chi connectivity index (χ2v) is 6.97. The van der Waals surface area contributed by atoms with E-state index in [1.165, 1.54) is 4.90 Å². The molecule has 2 aliphatic rings. The molecule has 2 fully saturated rings. The number of ether oxygens (including phenoxy) is 1. The Kier molecular flexibility index (Phi) is 4.74. The van der Waals surface area contributed by atoms with Crippen LogP contribution in [0.3, 0.4) is 0 Å². The van der Waals surface area contributed by atoms with E-state index in [0.29, 0.717) is 19.4 Å². The maximum absolute atomic E-state index is 12.5. The Morgan fingerprint density at radius 2 is 1.91 bits per heavy atom. The first-order valence-electron chi connectivity index (χ1n) is 7.67. The van der Waals surface area contributed by atoms with Gasteiger partial charge in [0.15, 0.2) is 5.78 Å². The van der Waals surface area contributed by atoms with Gasteiger partial charge in [-0.25, -0.2) is 4.79 Å². The van der Waals surface area contributed by atoms with Crippen molar-refractivity contribution in [2.45, 2.75) is 45.6 Å². The number of hydroxylamine groups is 2. The van der Waals surface area contributed by atoms with E-state index in [0.717, 1.165) is 0 Å². The van der Waals surface area contributed by atoms with Crippen molar-refractivity contribution in [3.8, 4) is 0 Å². The van der Waals surface area contributed by atoms with Crippen LogP contribution in [0, 0.1) is 11.8 Å². The van der Waals surface area contributed by atoms with Gasteiger partial charge in [-0.15, -0.1) is 0 Å². The number of hydrogen-bond acceptors (Lipinski definition) is 6. The van der Waals surface area contributed by atoms with Crippen LogP contribution in [0.25, 0.3) is 0 Å². The summed E-state index contributed by atoms with van der Waals surface area (Å²) < 4.78 is 5.29. The number of ketones is 1. The van der Waals surface area contributed by atoms with Gasteiger partial charge < -0.3 is 9.64 Å². The Bertz CT molecular complexity index is 539. The molecule has 0 aromatic carbocycles. The monoisotopic (exact) mass is 326 g/mol. The summed E-state index contributed by atoms with van der Waals surface area (Å²) in [4.78, 5) is 49.1. The van der Waals surface area contributed by atoms with E-state index in [-0.39, 0.29) is 18.0 Å². The van der Waals surface area contributed by atoms with E-state index in [9.17, 15) is 24.4 Å². The summed E-state index contributed by atoms with van der Waals surface area (Å²) in [5, 5.41) is 9.26. The van der Waals surface area contributed by atoms with Crippen molar-refractivity contribution in [3.63, 3.8) is 0 Å². The van der Waals surface area contributed by atoms with Crippen LogP contribution in [-0.4, -0.2) is 57.6 Å². The van der Waals surface area contributed by atoms with Crippen LogP contribution in [0.15, 0.2) is 0 Å². The maximum atomic E-state index is 12.5. The van der Waals surface area contributed by atoms with Crippen molar-refractivity contribution >= 4 is 23.7 Å². The molecule has 0 spiro atoms. The number of nitrogens with zero attached hydrogens (tertiary/aromatic N) is 2. The van der Waals surface area contributed by atoms with Crippen molar-refractivity contribution in [2.24, 2.45) is 11.8 Å². The van der Waals surface area contributed by atoms with Gasteiger partial charge in [-0.1, -0.05) is 0 Å². The molecule has 8 nitrogen and oxygen atoms in total. The summed E-state index contributed by atoms with van der Waals surface area (Å²) in [5.41, 5.74) is -0.626. The zero-order valence-corrected chi connectivity index (χ0v) is 13.6. The molecule has 2 rings (SSSR count). The molecule has 0 aliphatic carbocycles. The molecule has 1 N–H and O–H groups in total. The second kappa shape index (κ2) is 6.27. The molecular formula is C15H22N2O6. The smallest absolute Gasteiger partial charge is 0.410 e. The number of Topliss-reactive ketones (excluding diaryl/α,β-unsaturated/α-hetero) is 1. The van der Waals surface area contributed by atoms with Crippen LogP contribution in [0.1, 0.15) is 40.0 Å². The Labute approximate surface area is 134 Å². The van der Waals surface area contributed by atoms with Crippen molar-refractivity contribution in [1.82, 2.24) is 9.96 Å². The number of rotatable bonds is 2. The minimum Gasteiger partial charge on any atom is -0.444 e. The minimum absolute atomic E-state index is 0.0109. The van der Waals surface area contributed by atoms with Crippen LogP contribution >= 0.6 is 0 Å². The quantitative estimate of drug-likeness (QED) is 0.460. The SMILES string of the molecule is CC(C)(C)OC(=O)N1CCC[C@@H](C(=O)C2CC(=O)N(O)C2=O)C1. The average Bonchev–Trinajstić information content (AvgIpc) is 2.72. The molecule has 128 valence electrons. The van der Waals surface area contributed by atoms with Crippen molar-refractivity contribution in [2.75, 3.05) is 13.1 Å². The lowest BCUT2D eigenvalue weighted by Crippen LogP contribution is -2.46. The van der Waals surface area contributed by atoms with Crippen LogP contribution in [-0.2, 0) is 19.1 Å². The zero-order chi connectivity index (χ0) is 17.4. The molecular weight excluding hydrogens is 304 g/mol. The van der Waals surface area contributed by atoms with Gasteiger partial charge in [-0.2, -0.15) is 5.06 Å². The Morgan fingerprint density at radius 3 is 2.43 bits per heavy atom. The third-order valence-electron chi connectivity index (χ3n) is 3.94. The molecule has 2 saturated heterocycles.